The number of pyridine rings is 1. The van der Waals surface area contributed by atoms with E-state index in [9.17, 15) is 19.6 Å². The average molecular weight is 497 g/mol. The van der Waals surface area contributed by atoms with Gasteiger partial charge in [0.1, 0.15) is 18.2 Å². The Hall–Kier alpha value is -4.64. The molecule has 0 aliphatic heterocycles. The van der Waals surface area contributed by atoms with E-state index < -0.39 is 11.6 Å². The zero-order valence-corrected chi connectivity index (χ0v) is 21.0. The largest absolute Gasteiger partial charge is 0.459 e. The van der Waals surface area contributed by atoms with Gasteiger partial charge in [0.15, 0.2) is 0 Å². The van der Waals surface area contributed by atoms with Crippen molar-refractivity contribution >= 4 is 22.8 Å². The van der Waals surface area contributed by atoms with E-state index in [0.717, 1.165) is 27.6 Å². The minimum Gasteiger partial charge on any atom is -0.459 e. The molecule has 4 rings (SSSR count). The number of carbonyl (C=O) groups is 2. The van der Waals surface area contributed by atoms with Gasteiger partial charge in [-0.15, -0.1) is 0 Å². The van der Waals surface area contributed by atoms with Gasteiger partial charge in [-0.25, -0.2) is 0 Å². The van der Waals surface area contributed by atoms with Gasteiger partial charge in [-0.1, -0.05) is 18.2 Å². The lowest BCUT2D eigenvalue weighted by atomic mass is 10.0. The van der Waals surface area contributed by atoms with E-state index >= 15 is 0 Å². The minimum absolute atomic E-state index is 0.181. The minimum atomic E-state index is -0.633. The topological polar surface area (TPSA) is 117 Å². The lowest BCUT2D eigenvalue weighted by Crippen LogP contribution is -2.30. The molecule has 8 heteroatoms. The van der Waals surface area contributed by atoms with Gasteiger partial charge in [-0.2, -0.15) is 5.26 Å². The molecule has 8 nitrogen and oxygen atoms in total. The third kappa shape index (κ3) is 6.33. The Balaban J connectivity index is 1.38. The van der Waals surface area contributed by atoms with E-state index in [1.165, 1.54) is 10.6 Å². The van der Waals surface area contributed by atoms with E-state index in [0.29, 0.717) is 24.1 Å². The molecule has 1 amide bonds. The fourth-order valence-electron chi connectivity index (χ4n) is 3.99. The fourth-order valence-corrected chi connectivity index (χ4v) is 3.99. The average Bonchev–Trinajstić information content (AvgIpc) is 3.27. The summed E-state index contributed by atoms with van der Waals surface area (Å²) in [5.41, 5.74) is 3.66. The van der Waals surface area contributed by atoms with Crippen LogP contribution in [0.25, 0.3) is 22.0 Å². The number of nitrogens with zero attached hydrogens (tertiary/aromatic N) is 2. The molecule has 0 aliphatic rings. The van der Waals surface area contributed by atoms with Gasteiger partial charge in [0.2, 0.25) is 0 Å². The number of aromatic nitrogens is 2. The van der Waals surface area contributed by atoms with Crippen LogP contribution in [0.2, 0.25) is 0 Å². The predicted molar refractivity (Wildman–Crippen MR) is 141 cm³/mol. The molecular weight excluding hydrogens is 468 g/mol. The number of benzene rings is 2. The van der Waals surface area contributed by atoms with Gasteiger partial charge >= 0.3 is 5.97 Å². The van der Waals surface area contributed by atoms with Crippen molar-refractivity contribution in [3.05, 3.63) is 94.0 Å². The van der Waals surface area contributed by atoms with Crippen LogP contribution >= 0.6 is 0 Å². The number of rotatable bonds is 7. The number of hydrogen-bond acceptors (Lipinski definition) is 5. The van der Waals surface area contributed by atoms with Crippen molar-refractivity contribution in [1.29, 1.82) is 5.26 Å². The number of fused-ring (bicyclic) bond motifs is 1. The second kappa shape index (κ2) is 10.5. The van der Waals surface area contributed by atoms with E-state index in [4.69, 9.17) is 4.74 Å². The molecule has 0 saturated heterocycles. The second-order valence-electron chi connectivity index (χ2n) is 9.75. The Morgan fingerprint density at radius 1 is 1.05 bits per heavy atom. The Morgan fingerprint density at radius 3 is 2.49 bits per heavy atom. The molecule has 0 bridgehead atoms. The van der Waals surface area contributed by atoms with Crippen LogP contribution in [0.4, 0.5) is 0 Å². The summed E-state index contributed by atoms with van der Waals surface area (Å²) < 4.78 is 6.63. The monoisotopic (exact) mass is 496 g/mol. The van der Waals surface area contributed by atoms with Crippen molar-refractivity contribution in [2.45, 2.75) is 39.3 Å². The molecule has 4 aromatic rings. The summed E-state index contributed by atoms with van der Waals surface area (Å²) in [5, 5.41) is 13.0. The van der Waals surface area contributed by atoms with E-state index in [-0.39, 0.29) is 18.0 Å². The highest BCUT2D eigenvalue weighted by atomic mass is 16.6. The van der Waals surface area contributed by atoms with E-state index in [1.807, 2.05) is 18.2 Å². The first-order valence-electron chi connectivity index (χ1n) is 11.9. The Morgan fingerprint density at radius 2 is 1.78 bits per heavy atom. The fraction of sp³-hybridized carbons (Fsp3) is 0.241. The summed E-state index contributed by atoms with van der Waals surface area (Å²) in [6, 6.07) is 18.2. The summed E-state index contributed by atoms with van der Waals surface area (Å²) in [6.45, 7) is 5.59. The van der Waals surface area contributed by atoms with Gasteiger partial charge in [-0.05, 0) is 74.2 Å². The number of hydrogen-bond donors (Lipinski definition) is 2. The number of amides is 1. The second-order valence-corrected chi connectivity index (χ2v) is 9.75. The Labute approximate surface area is 214 Å². The number of nitriles is 1. The Kier molecular flexibility index (Phi) is 7.25. The first kappa shape index (κ1) is 25.5. The molecule has 2 heterocycles. The van der Waals surface area contributed by atoms with Crippen LogP contribution in [0, 0.1) is 11.3 Å². The van der Waals surface area contributed by atoms with Gasteiger partial charge in [-0.3, -0.25) is 14.4 Å². The van der Waals surface area contributed by atoms with Crippen molar-refractivity contribution in [2.24, 2.45) is 0 Å². The summed E-state index contributed by atoms with van der Waals surface area (Å²) in [6.07, 6.45) is 3.94. The van der Waals surface area contributed by atoms with E-state index in [2.05, 4.69) is 16.4 Å². The van der Waals surface area contributed by atoms with Crippen LogP contribution in [0.1, 0.15) is 42.3 Å². The van der Waals surface area contributed by atoms with Crippen LogP contribution in [-0.4, -0.2) is 33.6 Å². The maximum Gasteiger partial charge on any atom is 0.326 e. The van der Waals surface area contributed by atoms with Crippen LogP contribution in [0.3, 0.4) is 0 Å². The van der Waals surface area contributed by atoms with Gasteiger partial charge in [0.25, 0.3) is 11.5 Å². The highest BCUT2D eigenvalue weighted by Crippen LogP contribution is 2.20. The molecule has 0 atom stereocenters. The SMILES string of the molecule is CC(C)(C)OC(=O)Cn1cc(-c2ccc(C(=O)NCCc3ccc4[nH]cc(C#N)c4c3)cc2)ccc1=O. The number of nitrogens with one attached hydrogen (secondary N) is 2. The van der Waals surface area contributed by atoms with E-state index in [1.54, 1.807) is 63.5 Å². The van der Waals surface area contributed by atoms with Crippen molar-refractivity contribution in [2.75, 3.05) is 6.54 Å². The quantitative estimate of drug-likeness (QED) is 0.372. The summed E-state index contributed by atoms with van der Waals surface area (Å²) in [4.78, 5) is 40.1. The van der Waals surface area contributed by atoms with Gasteiger partial charge in [0.05, 0.1) is 5.56 Å². The maximum atomic E-state index is 12.6. The molecule has 0 unspecified atom stereocenters. The van der Waals surface area contributed by atoms with Gasteiger partial charge in [0, 0.05) is 41.5 Å². The highest BCUT2D eigenvalue weighted by molar-refractivity contribution is 5.94. The summed E-state index contributed by atoms with van der Waals surface area (Å²) >= 11 is 0. The molecule has 0 saturated carbocycles. The zero-order valence-electron chi connectivity index (χ0n) is 21.0. The van der Waals surface area contributed by atoms with Crippen molar-refractivity contribution in [3.63, 3.8) is 0 Å². The maximum absolute atomic E-state index is 12.6. The first-order valence-corrected chi connectivity index (χ1v) is 11.9. The lowest BCUT2D eigenvalue weighted by Gasteiger charge is -2.19. The van der Waals surface area contributed by atoms with Crippen LogP contribution in [0.5, 0.6) is 0 Å². The number of ether oxygens (including phenoxy) is 1. The number of esters is 1. The van der Waals surface area contributed by atoms with Crippen molar-refractivity contribution in [3.8, 4) is 17.2 Å². The predicted octanol–water partition coefficient (Wildman–Crippen LogP) is 4.18. The number of aromatic amines is 1. The third-order valence-corrected chi connectivity index (χ3v) is 5.75. The smallest absolute Gasteiger partial charge is 0.326 e. The normalized spacial score (nSPS) is 11.2. The number of carbonyl (C=O) groups excluding carboxylic acids is 2. The highest BCUT2D eigenvalue weighted by Gasteiger charge is 2.17. The van der Waals surface area contributed by atoms with Crippen LogP contribution in [0.15, 0.2) is 71.8 Å². The molecule has 2 N–H and O–H groups in total. The first-order chi connectivity index (χ1) is 17.6. The van der Waals surface area contributed by atoms with Crippen molar-refractivity contribution in [1.82, 2.24) is 14.9 Å². The molecule has 0 radical (unpaired) electrons. The summed E-state index contributed by atoms with van der Waals surface area (Å²) in [7, 11) is 0. The molecule has 0 spiro atoms. The molecule has 0 aliphatic carbocycles. The molecule has 37 heavy (non-hydrogen) atoms. The standard InChI is InChI=1S/C29H28N4O4/c1-29(2,3)37-27(35)18-33-17-22(9-11-26(33)34)20-5-7-21(8-6-20)28(36)31-13-12-19-4-10-25-24(14-19)23(15-30)16-32-25/h4-11,14,16-17,32H,12-13,18H2,1-3H3,(H,31,36). The molecule has 2 aromatic carbocycles. The molecular formula is C29H28N4O4. The van der Waals surface area contributed by atoms with Crippen molar-refractivity contribution < 1.29 is 14.3 Å². The van der Waals surface area contributed by atoms with Crippen LogP contribution in [-0.2, 0) is 22.5 Å². The van der Waals surface area contributed by atoms with Crippen LogP contribution < -0.4 is 10.9 Å². The zero-order chi connectivity index (χ0) is 26.6. The molecule has 2 aromatic heterocycles. The van der Waals surface area contributed by atoms with Gasteiger partial charge < -0.3 is 19.6 Å². The lowest BCUT2D eigenvalue weighted by molar-refractivity contribution is -0.155. The Bertz CT molecular complexity index is 1550. The molecule has 188 valence electrons. The third-order valence-electron chi connectivity index (χ3n) is 5.75. The molecule has 0 fully saturated rings. The number of H-pyrrole nitrogens is 1. The summed E-state index contributed by atoms with van der Waals surface area (Å²) in [5.74, 6) is -0.681.